The Morgan fingerprint density at radius 1 is 1.14 bits per heavy atom. The summed E-state index contributed by atoms with van der Waals surface area (Å²) in [5.74, 6) is 0.753. The Balaban J connectivity index is 0.00000320. The molecule has 5 rings (SSSR count). The molecule has 1 atom stereocenters. The number of carbonyl (C=O) groups excluding carboxylic acids is 1. The van der Waals surface area contributed by atoms with Gasteiger partial charge in [0.2, 0.25) is 5.95 Å². The number of piperidine rings is 1. The van der Waals surface area contributed by atoms with Crippen LogP contribution < -0.4 is 4.90 Å². The molecule has 1 saturated carbocycles. The van der Waals surface area contributed by atoms with Crippen molar-refractivity contribution in [3.63, 3.8) is 0 Å². The molecular formula is C28H40N4O4. The third kappa shape index (κ3) is 4.86. The number of methoxy groups -OCH3 is 1. The fraction of sp³-hybridized carbons (Fsp3) is 0.607. The smallest absolute Gasteiger partial charge is 0.253 e. The monoisotopic (exact) mass is 496 g/mol. The van der Waals surface area contributed by atoms with Crippen LogP contribution in [0.5, 0.6) is 0 Å². The molecule has 1 spiro atoms. The van der Waals surface area contributed by atoms with Crippen molar-refractivity contribution in [3.05, 3.63) is 52.8 Å². The topological polar surface area (TPSA) is 88.0 Å². The molecule has 0 bridgehead atoms. The minimum atomic E-state index is -0.751. The molecule has 3 heterocycles. The van der Waals surface area contributed by atoms with Gasteiger partial charge < -0.3 is 24.4 Å². The minimum absolute atomic E-state index is 0. The normalized spacial score (nSPS) is 23.3. The van der Waals surface area contributed by atoms with Crippen LogP contribution >= 0.6 is 0 Å². The van der Waals surface area contributed by atoms with Crippen LogP contribution in [0.25, 0.3) is 0 Å². The van der Waals surface area contributed by atoms with Gasteiger partial charge in [-0.2, -0.15) is 0 Å². The van der Waals surface area contributed by atoms with E-state index in [0.717, 1.165) is 55.2 Å². The van der Waals surface area contributed by atoms with Crippen LogP contribution in [0.2, 0.25) is 0 Å². The molecule has 0 radical (unpaired) electrons. The van der Waals surface area contributed by atoms with Crippen molar-refractivity contribution in [1.29, 1.82) is 0 Å². The Morgan fingerprint density at radius 3 is 2.39 bits per heavy atom. The molecule has 3 fully saturated rings. The molecule has 3 aliphatic rings. The van der Waals surface area contributed by atoms with Gasteiger partial charge in [-0.05, 0) is 74.4 Å². The van der Waals surface area contributed by atoms with E-state index in [2.05, 4.69) is 14.9 Å². The number of morpholine rings is 1. The van der Waals surface area contributed by atoms with E-state index in [1.807, 2.05) is 36.9 Å². The molecule has 1 aromatic heterocycles. The van der Waals surface area contributed by atoms with Crippen molar-refractivity contribution < 1.29 is 20.8 Å². The predicted molar refractivity (Wildman–Crippen MR) is 139 cm³/mol. The fourth-order valence-corrected chi connectivity index (χ4v) is 6.57. The summed E-state index contributed by atoms with van der Waals surface area (Å²) < 4.78 is 12.0. The molecule has 196 valence electrons. The fourth-order valence-electron chi connectivity index (χ4n) is 6.57. The van der Waals surface area contributed by atoms with Crippen molar-refractivity contribution in [2.24, 2.45) is 0 Å². The van der Waals surface area contributed by atoms with Gasteiger partial charge in [-0.15, -0.1) is 0 Å². The summed E-state index contributed by atoms with van der Waals surface area (Å²) in [6, 6.07) is 5.75. The van der Waals surface area contributed by atoms with E-state index in [4.69, 9.17) is 9.47 Å². The van der Waals surface area contributed by atoms with E-state index in [1.165, 1.54) is 0 Å². The largest absolute Gasteiger partial charge is 0.385 e. The first-order valence-corrected chi connectivity index (χ1v) is 13.1. The summed E-state index contributed by atoms with van der Waals surface area (Å²) in [6.07, 6.45) is 8.63. The number of anilines is 1. The number of benzene rings is 1. The number of aliphatic hydroxyl groups is 1. The number of amides is 1. The van der Waals surface area contributed by atoms with E-state index in [-0.39, 0.29) is 19.0 Å². The van der Waals surface area contributed by atoms with Gasteiger partial charge in [-0.1, -0.05) is 12.8 Å². The lowest BCUT2D eigenvalue weighted by atomic mass is 9.84. The summed E-state index contributed by atoms with van der Waals surface area (Å²) in [6.45, 7) is 7.19. The van der Waals surface area contributed by atoms with E-state index in [0.29, 0.717) is 44.3 Å². The van der Waals surface area contributed by atoms with Gasteiger partial charge in [0.1, 0.15) is 0 Å². The van der Waals surface area contributed by atoms with Crippen LogP contribution in [0.3, 0.4) is 0 Å². The minimum Gasteiger partial charge on any atom is -0.385 e. The second kappa shape index (κ2) is 10.1. The standard InChI is InChI=1S/C28H38N4O4.H2/c1-20-15-22(16-21(2)24(20)28(34)7-4-5-8-28)25(33)31-13-9-27(10-14-31)19-32(17-23(36-27)18-35-3)26-29-11-6-12-30-26;/h6,11-12,15-16,23,34H,4-5,7-10,13-14,17-19H2,1-3H3;1H. The van der Waals surface area contributed by atoms with Crippen LogP contribution in [-0.2, 0) is 15.1 Å². The number of hydrogen-bond acceptors (Lipinski definition) is 7. The second-order valence-corrected chi connectivity index (χ2v) is 10.8. The average Bonchev–Trinajstić information content (AvgIpc) is 3.31. The van der Waals surface area contributed by atoms with Gasteiger partial charge in [-0.25, -0.2) is 9.97 Å². The van der Waals surface area contributed by atoms with Gasteiger partial charge in [-0.3, -0.25) is 4.79 Å². The highest BCUT2D eigenvalue weighted by atomic mass is 16.5. The second-order valence-electron chi connectivity index (χ2n) is 10.8. The molecular weight excluding hydrogens is 456 g/mol. The van der Waals surface area contributed by atoms with Crippen LogP contribution in [0.15, 0.2) is 30.6 Å². The highest BCUT2D eigenvalue weighted by Crippen LogP contribution is 2.42. The zero-order valence-corrected chi connectivity index (χ0v) is 21.7. The van der Waals surface area contributed by atoms with Crippen molar-refractivity contribution in [3.8, 4) is 0 Å². The molecule has 2 saturated heterocycles. The molecule has 8 nitrogen and oxygen atoms in total. The SMILES string of the molecule is COCC1CN(c2ncccn2)CC2(CCN(C(=O)c3cc(C)c(C4(O)CCCC4)c(C)c3)CC2)O1.[HH]. The van der Waals surface area contributed by atoms with Crippen molar-refractivity contribution in [1.82, 2.24) is 14.9 Å². The Kier molecular flexibility index (Phi) is 7.03. The molecule has 1 unspecified atom stereocenters. The van der Waals surface area contributed by atoms with Gasteiger partial charge >= 0.3 is 0 Å². The third-order valence-corrected chi connectivity index (χ3v) is 8.14. The van der Waals surface area contributed by atoms with Gasteiger partial charge in [0.15, 0.2) is 0 Å². The van der Waals surface area contributed by atoms with Gasteiger partial charge in [0.05, 0.1) is 30.5 Å². The molecule has 8 heteroatoms. The zero-order valence-electron chi connectivity index (χ0n) is 21.7. The number of rotatable bonds is 5. The van der Waals surface area contributed by atoms with E-state index in [9.17, 15) is 9.90 Å². The van der Waals surface area contributed by atoms with E-state index >= 15 is 0 Å². The third-order valence-electron chi connectivity index (χ3n) is 8.14. The summed E-state index contributed by atoms with van der Waals surface area (Å²) >= 11 is 0. The van der Waals surface area contributed by atoms with Gasteiger partial charge in [0.25, 0.3) is 5.91 Å². The number of nitrogens with zero attached hydrogens (tertiary/aromatic N) is 4. The van der Waals surface area contributed by atoms with Crippen LogP contribution in [0.4, 0.5) is 5.95 Å². The summed E-state index contributed by atoms with van der Waals surface area (Å²) in [5.41, 5.74) is 2.61. The summed E-state index contributed by atoms with van der Waals surface area (Å²) in [5, 5.41) is 11.2. The average molecular weight is 497 g/mol. The highest BCUT2D eigenvalue weighted by Gasteiger charge is 2.44. The Bertz CT molecular complexity index is 1060. The van der Waals surface area contributed by atoms with Crippen molar-refractivity contribution in [2.75, 3.05) is 44.8 Å². The predicted octanol–water partition coefficient (Wildman–Crippen LogP) is 3.63. The maximum Gasteiger partial charge on any atom is 0.253 e. The molecule has 2 aliphatic heterocycles. The maximum absolute atomic E-state index is 13.5. The first-order chi connectivity index (χ1) is 17.3. The lowest BCUT2D eigenvalue weighted by molar-refractivity contribution is -0.145. The van der Waals surface area contributed by atoms with Crippen molar-refractivity contribution >= 4 is 11.9 Å². The van der Waals surface area contributed by atoms with Crippen LogP contribution in [0, 0.1) is 13.8 Å². The molecule has 1 N–H and O–H groups in total. The number of hydrogen-bond donors (Lipinski definition) is 1. The molecule has 36 heavy (non-hydrogen) atoms. The Hall–Kier alpha value is -2.55. The highest BCUT2D eigenvalue weighted by molar-refractivity contribution is 5.95. The first-order valence-electron chi connectivity index (χ1n) is 13.1. The number of aromatic nitrogens is 2. The van der Waals surface area contributed by atoms with E-state index < -0.39 is 5.60 Å². The van der Waals surface area contributed by atoms with E-state index in [1.54, 1.807) is 19.5 Å². The van der Waals surface area contributed by atoms with Gasteiger partial charge in [0, 0.05) is 46.1 Å². The number of carbonyl (C=O) groups is 1. The zero-order chi connectivity index (χ0) is 25.3. The van der Waals surface area contributed by atoms with Crippen molar-refractivity contribution in [2.45, 2.75) is 69.7 Å². The first kappa shape index (κ1) is 25.1. The molecule has 2 aromatic rings. The maximum atomic E-state index is 13.5. The summed E-state index contributed by atoms with van der Waals surface area (Å²) in [7, 11) is 1.69. The number of ether oxygens (including phenoxy) is 2. The number of aryl methyl sites for hydroxylation is 2. The lowest BCUT2D eigenvalue weighted by Crippen LogP contribution is -2.61. The molecule has 1 amide bonds. The van der Waals surface area contributed by atoms with Crippen LogP contribution in [0.1, 0.15) is 67.0 Å². The number of likely N-dealkylation sites (tertiary alicyclic amines) is 1. The Morgan fingerprint density at radius 2 is 1.78 bits per heavy atom. The summed E-state index contributed by atoms with van der Waals surface area (Å²) in [4.78, 5) is 26.5. The Labute approximate surface area is 215 Å². The lowest BCUT2D eigenvalue weighted by Gasteiger charge is -2.49. The quantitative estimate of drug-likeness (QED) is 0.676. The van der Waals surface area contributed by atoms with Crippen LogP contribution in [-0.4, -0.2) is 77.5 Å². The molecule has 1 aromatic carbocycles. The molecule has 1 aliphatic carbocycles.